The molecule has 0 heterocycles. The van der Waals surface area contributed by atoms with Crippen molar-refractivity contribution in [3.63, 3.8) is 0 Å². The van der Waals surface area contributed by atoms with E-state index >= 15 is 0 Å². The summed E-state index contributed by atoms with van der Waals surface area (Å²) in [4.78, 5) is 11.0. The van der Waals surface area contributed by atoms with E-state index < -0.39 is 29.2 Å². The highest BCUT2D eigenvalue weighted by atomic mass is 35.5. The summed E-state index contributed by atoms with van der Waals surface area (Å²) in [7, 11) is 0. The zero-order valence-corrected chi connectivity index (χ0v) is 10.2. The monoisotopic (exact) mass is 274 g/mol. The lowest BCUT2D eigenvalue weighted by atomic mass is 10.1. The molecule has 1 fully saturated rings. The molecule has 0 aromatic carbocycles. The molecule has 0 aliphatic heterocycles. The minimum atomic E-state index is -4.33. The molecule has 92 valence electrons. The minimum Gasteiger partial charge on any atom is -0.281 e. The van der Waals surface area contributed by atoms with Gasteiger partial charge in [-0.1, -0.05) is 31.5 Å². The molecular weight excluding hydrogens is 264 g/mol. The zero-order chi connectivity index (χ0) is 12.7. The van der Waals surface area contributed by atoms with Crippen molar-refractivity contribution in [1.82, 2.24) is 0 Å². The van der Waals surface area contributed by atoms with Gasteiger partial charge in [0, 0.05) is 11.0 Å². The Morgan fingerprint density at radius 1 is 1.38 bits per heavy atom. The maximum atomic E-state index is 12.0. The molecule has 6 heteroatoms. The predicted octanol–water partition coefficient (Wildman–Crippen LogP) is 4.10. The Hall–Kier alpha value is -0.220. The van der Waals surface area contributed by atoms with Gasteiger partial charge < -0.3 is 0 Å². The molecule has 1 aliphatic carbocycles. The SMILES string of the molecule is CC1(C)C(C=C(Cl)CC(F)(F)F)C1C(=O)Cl. The van der Waals surface area contributed by atoms with Gasteiger partial charge in [0.1, 0.15) is 0 Å². The summed E-state index contributed by atoms with van der Waals surface area (Å²) in [6.45, 7) is 3.55. The first-order valence-corrected chi connectivity index (χ1v) is 5.43. The first-order chi connectivity index (χ1) is 7.05. The van der Waals surface area contributed by atoms with E-state index in [1.807, 2.05) is 0 Å². The fraction of sp³-hybridized carbons (Fsp3) is 0.700. The number of hydrogen-bond donors (Lipinski definition) is 0. The largest absolute Gasteiger partial charge is 0.393 e. The van der Waals surface area contributed by atoms with Gasteiger partial charge in [-0.25, -0.2) is 0 Å². The predicted molar refractivity (Wildman–Crippen MR) is 56.2 cm³/mol. The fourth-order valence-electron chi connectivity index (χ4n) is 1.87. The van der Waals surface area contributed by atoms with Gasteiger partial charge in [-0.05, 0) is 22.9 Å². The van der Waals surface area contributed by atoms with Crippen LogP contribution in [0.3, 0.4) is 0 Å². The molecule has 1 saturated carbocycles. The smallest absolute Gasteiger partial charge is 0.281 e. The van der Waals surface area contributed by atoms with Crippen LogP contribution in [0.5, 0.6) is 0 Å². The number of allylic oxidation sites excluding steroid dienone is 2. The van der Waals surface area contributed by atoms with Gasteiger partial charge in [0.15, 0.2) is 0 Å². The van der Waals surface area contributed by atoms with Crippen LogP contribution in [0.4, 0.5) is 13.2 Å². The summed E-state index contributed by atoms with van der Waals surface area (Å²) in [6.07, 6.45) is -4.20. The number of alkyl halides is 3. The molecule has 0 N–H and O–H groups in total. The van der Waals surface area contributed by atoms with Gasteiger partial charge in [0.05, 0.1) is 6.42 Å². The zero-order valence-electron chi connectivity index (χ0n) is 8.74. The van der Waals surface area contributed by atoms with Gasteiger partial charge in [-0.15, -0.1) is 0 Å². The summed E-state index contributed by atoms with van der Waals surface area (Å²) < 4.78 is 36.0. The molecule has 1 aliphatic rings. The molecule has 0 aromatic heterocycles. The fourth-order valence-corrected chi connectivity index (χ4v) is 2.57. The van der Waals surface area contributed by atoms with E-state index in [9.17, 15) is 18.0 Å². The summed E-state index contributed by atoms with van der Waals surface area (Å²) in [5.74, 6) is -0.733. The molecule has 0 saturated heterocycles. The van der Waals surface area contributed by atoms with E-state index in [0.717, 1.165) is 0 Å². The highest BCUT2D eigenvalue weighted by molar-refractivity contribution is 6.64. The number of hydrogen-bond acceptors (Lipinski definition) is 1. The molecule has 0 spiro atoms. The highest BCUT2D eigenvalue weighted by Gasteiger charge is 2.60. The van der Waals surface area contributed by atoms with Crippen LogP contribution >= 0.6 is 23.2 Å². The molecular formula is C10H11Cl2F3O. The van der Waals surface area contributed by atoms with Crippen LogP contribution < -0.4 is 0 Å². The van der Waals surface area contributed by atoms with Gasteiger partial charge in [-0.3, -0.25) is 4.79 Å². The van der Waals surface area contributed by atoms with Crippen LogP contribution in [0.25, 0.3) is 0 Å². The van der Waals surface area contributed by atoms with Crippen molar-refractivity contribution in [3.8, 4) is 0 Å². The first kappa shape index (κ1) is 13.8. The maximum Gasteiger partial charge on any atom is 0.393 e. The van der Waals surface area contributed by atoms with Crippen molar-refractivity contribution in [1.29, 1.82) is 0 Å². The van der Waals surface area contributed by atoms with E-state index in [-0.39, 0.29) is 11.0 Å². The van der Waals surface area contributed by atoms with Crippen LogP contribution in [0.1, 0.15) is 20.3 Å². The van der Waals surface area contributed by atoms with Crippen molar-refractivity contribution >= 4 is 28.4 Å². The molecule has 2 atom stereocenters. The lowest BCUT2D eigenvalue weighted by Crippen LogP contribution is -2.06. The molecule has 0 amide bonds. The number of halogens is 5. The Kier molecular flexibility index (Phi) is 3.65. The van der Waals surface area contributed by atoms with Crippen LogP contribution in [0, 0.1) is 17.3 Å². The average Bonchev–Trinajstić information content (AvgIpc) is 2.47. The Morgan fingerprint density at radius 2 is 1.88 bits per heavy atom. The topological polar surface area (TPSA) is 17.1 Å². The third-order valence-electron chi connectivity index (χ3n) is 2.88. The van der Waals surface area contributed by atoms with Crippen LogP contribution in [0.15, 0.2) is 11.1 Å². The van der Waals surface area contributed by atoms with Crippen LogP contribution in [-0.2, 0) is 4.79 Å². The highest BCUT2D eigenvalue weighted by Crippen LogP contribution is 2.60. The van der Waals surface area contributed by atoms with Crippen molar-refractivity contribution in [3.05, 3.63) is 11.1 Å². The number of rotatable bonds is 3. The lowest BCUT2D eigenvalue weighted by molar-refractivity contribution is -0.125. The second-order valence-corrected chi connectivity index (χ2v) is 5.39. The molecule has 1 nitrogen and oxygen atoms in total. The molecule has 2 unspecified atom stereocenters. The Balaban J connectivity index is 2.69. The van der Waals surface area contributed by atoms with Crippen molar-refractivity contribution in [2.75, 3.05) is 0 Å². The van der Waals surface area contributed by atoms with Crippen molar-refractivity contribution < 1.29 is 18.0 Å². The molecule has 0 aromatic rings. The van der Waals surface area contributed by atoms with E-state index in [0.29, 0.717) is 0 Å². The summed E-state index contributed by atoms with van der Waals surface area (Å²) >= 11 is 10.8. The number of carbonyl (C=O) groups excluding carboxylic acids is 1. The van der Waals surface area contributed by atoms with Crippen molar-refractivity contribution in [2.45, 2.75) is 26.4 Å². The Morgan fingerprint density at radius 3 is 2.19 bits per heavy atom. The Bertz CT molecular complexity index is 333. The first-order valence-electron chi connectivity index (χ1n) is 4.68. The van der Waals surface area contributed by atoms with Gasteiger partial charge in [-0.2, -0.15) is 13.2 Å². The maximum absolute atomic E-state index is 12.0. The summed E-state index contributed by atoms with van der Waals surface area (Å²) in [5.41, 5.74) is -0.398. The Labute approximate surface area is 102 Å². The standard InChI is InChI=1S/C10H11Cl2F3O/c1-9(2)6(7(9)8(12)16)3-5(11)4-10(13,14)15/h3,6-7H,4H2,1-2H3. The summed E-state index contributed by atoms with van der Waals surface area (Å²) in [5, 5.41) is -0.811. The van der Waals surface area contributed by atoms with Gasteiger partial charge in [0.2, 0.25) is 5.24 Å². The van der Waals surface area contributed by atoms with E-state index in [1.165, 1.54) is 6.08 Å². The third-order valence-corrected chi connectivity index (χ3v) is 3.38. The third kappa shape index (κ3) is 3.14. The molecule has 0 radical (unpaired) electrons. The van der Waals surface area contributed by atoms with Crippen molar-refractivity contribution in [2.24, 2.45) is 17.3 Å². The second-order valence-electron chi connectivity index (χ2n) is 4.53. The van der Waals surface area contributed by atoms with Gasteiger partial charge in [0.25, 0.3) is 0 Å². The number of carbonyl (C=O) groups is 1. The average molecular weight is 275 g/mol. The summed E-state index contributed by atoms with van der Waals surface area (Å²) in [6, 6.07) is 0. The van der Waals surface area contributed by atoms with Crippen LogP contribution in [0.2, 0.25) is 0 Å². The van der Waals surface area contributed by atoms with Crippen LogP contribution in [-0.4, -0.2) is 11.4 Å². The molecule has 0 bridgehead atoms. The van der Waals surface area contributed by atoms with E-state index in [2.05, 4.69) is 0 Å². The quantitative estimate of drug-likeness (QED) is 0.709. The minimum absolute atomic E-state index is 0.286. The second kappa shape index (κ2) is 4.22. The normalized spacial score (nSPS) is 29.1. The molecule has 1 rings (SSSR count). The van der Waals surface area contributed by atoms with E-state index in [4.69, 9.17) is 23.2 Å². The lowest BCUT2D eigenvalue weighted by Gasteiger charge is -2.04. The van der Waals surface area contributed by atoms with E-state index in [1.54, 1.807) is 13.8 Å². The molecule has 16 heavy (non-hydrogen) atoms. The van der Waals surface area contributed by atoms with Gasteiger partial charge >= 0.3 is 6.18 Å².